The van der Waals surface area contributed by atoms with Gasteiger partial charge in [0.05, 0.1) is 16.6 Å². The van der Waals surface area contributed by atoms with Gasteiger partial charge in [-0.15, -0.1) is 0 Å². The average molecular weight is 230 g/mol. The highest BCUT2D eigenvalue weighted by Gasteiger charge is 2.10. The Labute approximate surface area is 95.5 Å². The van der Waals surface area contributed by atoms with E-state index in [9.17, 15) is 10.1 Å². The zero-order valence-electron chi connectivity index (χ0n) is 8.08. The first-order valence-corrected chi connectivity index (χ1v) is 5.27. The lowest BCUT2D eigenvalue weighted by molar-refractivity contribution is -0.380. The van der Waals surface area contributed by atoms with Gasteiger partial charge in [-0.05, 0) is 23.8 Å². The highest BCUT2D eigenvalue weighted by atomic mass is 32.1. The third-order valence-corrected chi connectivity index (χ3v) is 3.13. The second kappa shape index (κ2) is 4.13. The largest absolute Gasteiger partial charge is 0.324 e. The van der Waals surface area contributed by atoms with Crippen LogP contribution in [-0.4, -0.2) is 4.92 Å². The third-order valence-electron chi connectivity index (χ3n) is 2.05. The van der Waals surface area contributed by atoms with Crippen molar-refractivity contribution in [2.24, 2.45) is 0 Å². The number of thiophene rings is 1. The molecule has 0 spiro atoms. The molecule has 0 aliphatic carbocycles. The van der Waals surface area contributed by atoms with Gasteiger partial charge in [0, 0.05) is 10.9 Å². The molecule has 1 heterocycles. The van der Waals surface area contributed by atoms with Gasteiger partial charge in [-0.1, -0.05) is 23.5 Å². The summed E-state index contributed by atoms with van der Waals surface area (Å²) in [6, 6.07) is 12.2. The van der Waals surface area contributed by atoms with E-state index in [1.54, 1.807) is 24.3 Å². The molecule has 0 amide bonds. The molecule has 0 N–H and O–H groups in total. The molecule has 0 fully saturated rings. The summed E-state index contributed by atoms with van der Waals surface area (Å²) in [4.78, 5) is 10.9. The molecule has 0 unspecified atom stereocenters. The van der Waals surface area contributed by atoms with Gasteiger partial charge in [0.25, 0.3) is 0 Å². The Bertz CT molecular complexity index is 584. The van der Waals surface area contributed by atoms with Gasteiger partial charge >= 0.3 is 5.00 Å². The molecule has 1 aromatic heterocycles. The van der Waals surface area contributed by atoms with Gasteiger partial charge in [0.15, 0.2) is 0 Å². The van der Waals surface area contributed by atoms with Crippen LogP contribution in [0.15, 0.2) is 36.4 Å². The first-order valence-electron chi connectivity index (χ1n) is 4.45. The van der Waals surface area contributed by atoms with Crippen LogP contribution in [0.5, 0.6) is 0 Å². The minimum absolute atomic E-state index is 0.109. The summed E-state index contributed by atoms with van der Waals surface area (Å²) in [6.07, 6.45) is 0. The Kier molecular flexibility index (Phi) is 2.66. The summed E-state index contributed by atoms with van der Waals surface area (Å²) in [5, 5.41) is 19.4. The van der Waals surface area contributed by atoms with Crippen molar-refractivity contribution in [2.75, 3.05) is 0 Å². The second-order valence-corrected chi connectivity index (χ2v) is 4.15. The third kappa shape index (κ3) is 1.92. The van der Waals surface area contributed by atoms with Crippen LogP contribution in [0.3, 0.4) is 0 Å². The van der Waals surface area contributed by atoms with Crippen LogP contribution in [-0.2, 0) is 0 Å². The topological polar surface area (TPSA) is 66.9 Å². The summed E-state index contributed by atoms with van der Waals surface area (Å²) in [7, 11) is 0. The number of nitro groups is 1. The zero-order valence-corrected chi connectivity index (χ0v) is 8.90. The lowest BCUT2D eigenvalue weighted by Crippen LogP contribution is -1.80. The van der Waals surface area contributed by atoms with E-state index < -0.39 is 4.92 Å². The zero-order chi connectivity index (χ0) is 11.5. The van der Waals surface area contributed by atoms with E-state index in [0.717, 1.165) is 21.8 Å². The molecule has 1 aromatic carbocycles. The smallest absolute Gasteiger partial charge is 0.258 e. The van der Waals surface area contributed by atoms with Crippen molar-refractivity contribution < 1.29 is 4.92 Å². The van der Waals surface area contributed by atoms with E-state index in [1.807, 2.05) is 12.1 Å². The molecule has 5 heteroatoms. The van der Waals surface area contributed by atoms with E-state index >= 15 is 0 Å². The van der Waals surface area contributed by atoms with Gasteiger partial charge < -0.3 is 0 Å². The molecule has 0 atom stereocenters. The summed E-state index contributed by atoms with van der Waals surface area (Å²) in [6.45, 7) is 0. The minimum atomic E-state index is -0.414. The second-order valence-electron chi connectivity index (χ2n) is 3.09. The Hall–Kier alpha value is -2.19. The number of hydrogen-bond donors (Lipinski definition) is 0. The van der Waals surface area contributed by atoms with Gasteiger partial charge in [-0.25, -0.2) is 0 Å². The molecule has 0 aliphatic rings. The Morgan fingerprint density at radius 3 is 2.75 bits per heavy atom. The van der Waals surface area contributed by atoms with E-state index in [1.165, 1.54) is 6.07 Å². The fourth-order valence-corrected chi connectivity index (χ4v) is 2.14. The Morgan fingerprint density at radius 2 is 2.12 bits per heavy atom. The van der Waals surface area contributed by atoms with Crippen molar-refractivity contribution in [3.63, 3.8) is 0 Å². The van der Waals surface area contributed by atoms with E-state index in [0.29, 0.717) is 5.56 Å². The first kappa shape index (κ1) is 10.3. The number of rotatable bonds is 2. The van der Waals surface area contributed by atoms with Gasteiger partial charge in [0.1, 0.15) is 0 Å². The fourth-order valence-electron chi connectivity index (χ4n) is 1.32. The number of nitriles is 1. The van der Waals surface area contributed by atoms with E-state index in [4.69, 9.17) is 5.26 Å². The maximum absolute atomic E-state index is 10.5. The highest BCUT2D eigenvalue weighted by molar-refractivity contribution is 7.18. The van der Waals surface area contributed by atoms with Crippen LogP contribution < -0.4 is 0 Å². The molecular weight excluding hydrogens is 224 g/mol. The number of benzene rings is 1. The van der Waals surface area contributed by atoms with Crippen LogP contribution in [0.1, 0.15) is 5.56 Å². The molecule has 0 saturated heterocycles. The lowest BCUT2D eigenvalue weighted by Gasteiger charge is -1.96. The van der Waals surface area contributed by atoms with E-state index in [2.05, 4.69) is 0 Å². The maximum atomic E-state index is 10.5. The van der Waals surface area contributed by atoms with Crippen LogP contribution in [0, 0.1) is 21.4 Å². The minimum Gasteiger partial charge on any atom is -0.258 e. The molecule has 78 valence electrons. The molecule has 0 radical (unpaired) electrons. The van der Waals surface area contributed by atoms with Gasteiger partial charge in [-0.2, -0.15) is 5.26 Å². The van der Waals surface area contributed by atoms with Crippen molar-refractivity contribution in [1.82, 2.24) is 0 Å². The lowest BCUT2D eigenvalue weighted by atomic mass is 10.1. The number of hydrogen-bond acceptors (Lipinski definition) is 4. The van der Waals surface area contributed by atoms with Crippen molar-refractivity contribution >= 4 is 16.3 Å². The normalized spacial score (nSPS) is 9.69. The molecular formula is C11H6N2O2S. The Balaban J connectivity index is 2.43. The quantitative estimate of drug-likeness (QED) is 0.587. The van der Waals surface area contributed by atoms with Crippen LogP contribution in [0.25, 0.3) is 10.4 Å². The SMILES string of the molecule is N#Cc1cccc(-c2ccc([N+](=O)[O-])s2)c1. The highest BCUT2D eigenvalue weighted by Crippen LogP contribution is 2.32. The standard InChI is InChI=1S/C11H6N2O2S/c12-7-8-2-1-3-9(6-8)10-4-5-11(16-10)13(14)15/h1-6H. The predicted molar refractivity (Wildman–Crippen MR) is 61.1 cm³/mol. The van der Waals surface area contributed by atoms with Crippen molar-refractivity contribution in [3.05, 3.63) is 52.1 Å². The number of nitrogens with zero attached hydrogens (tertiary/aromatic N) is 2. The molecule has 16 heavy (non-hydrogen) atoms. The van der Waals surface area contributed by atoms with E-state index in [-0.39, 0.29) is 5.00 Å². The average Bonchev–Trinajstić information content (AvgIpc) is 2.78. The summed E-state index contributed by atoms with van der Waals surface area (Å²) in [5.74, 6) is 0. The molecule has 2 rings (SSSR count). The van der Waals surface area contributed by atoms with Crippen LogP contribution in [0.2, 0.25) is 0 Å². The van der Waals surface area contributed by atoms with Crippen molar-refractivity contribution in [3.8, 4) is 16.5 Å². The monoisotopic (exact) mass is 230 g/mol. The Morgan fingerprint density at radius 1 is 1.31 bits per heavy atom. The summed E-state index contributed by atoms with van der Waals surface area (Å²) < 4.78 is 0. The summed E-state index contributed by atoms with van der Waals surface area (Å²) in [5.41, 5.74) is 1.38. The van der Waals surface area contributed by atoms with Crippen LogP contribution >= 0.6 is 11.3 Å². The van der Waals surface area contributed by atoms with Gasteiger partial charge in [-0.3, -0.25) is 10.1 Å². The molecule has 0 saturated carbocycles. The predicted octanol–water partition coefficient (Wildman–Crippen LogP) is 3.19. The van der Waals surface area contributed by atoms with Crippen molar-refractivity contribution in [2.45, 2.75) is 0 Å². The molecule has 0 bridgehead atoms. The molecule has 0 aliphatic heterocycles. The fraction of sp³-hybridized carbons (Fsp3) is 0. The molecule has 4 nitrogen and oxygen atoms in total. The van der Waals surface area contributed by atoms with Crippen LogP contribution in [0.4, 0.5) is 5.00 Å². The molecule has 2 aromatic rings. The first-order chi connectivity index (χ1) is 7.70. The summed E-state index contributed by atoms with van der Waals surface area (Å²) >= 11 is 1.10. The maximum Gasteiger partial charge on any atom is 0.324 e. The van der Waals surface area contributed by atoms with Crippen molar-refractivity contribution in [1.29, 1.82) is 5.26 Å². The van der Waals surface area contributed by atoms with Gasteiger partial charge in [0.2, 0.25) is 0 Å².